The molecule has 25 heavy (non-hydrogen) atoms. The van der Waals surface area contributed by atoms with Crippen molar-refractivity contribution in [2.45, 2.75) is 31.4 Å². The highest BCUT2D eigenvalue weighted by Gasteiger charge is 2.40. The Morgan fingerprint density at radius 2 is 2.16 bits per heavy atom. The number of carbonyl (C=O) groups is 1. The van der Waals surface area contributed by atoms with Gasteiger partial charge in [-0.25, -0.2) is 14.1 Å². The van der Waals surface area contributed by atoms with Gasteiger partial charge in [0.25, 0.3) is 5.91 Å². The summed E-state index contributed by atoms with van der Waals surface area (Å²) in [5.41, 5.74) is 0.0735. The molecule has 2 N–H and O–H groups in total. The van der Waals surface area contributed by atoms with Crippen LogP contribution in [0.5, 0.6) is 0 Å². The molecule has 0 radical (unpaired) electrons. The first-order valence-corrected chi connectivity index (χ1v) is 8.27. The zero-order chi connectivity index (χ0) is 17.9. The van der Waals surface area contributed by atoms with Crippen LogP contribution in [0.1, 0.15) is 31.4 Å². The van der Waals surface area contributed by atoms with Crippen molar-refractivity contribution in [2.75, 3.05) is 20.2 Å². The topological polar surface area (TPSA) is 81.1 Å². The number of nitrogens with zero attached hydrogens (tertiary/aromatic N) is 3. The Morgan fingerprint density at radius 1 is 1.40 bits per heavy atom. The first-order valence-electron chi connectivity index (χ1n) is 8.27. The number of piperidine rings is 1. The van der Waals surface area contributed by atoms with Gasteiger partial charge in [-0.2, -0.15) is 5.10 Å². The summed E-state index contributed by atoms with van der Waals surface area (Å²) >= 11 is 0. The van der Waals surface area contributed by atoms with Crippen molar-refractivity contribution in [3.05, 3.63) is 42.1 Å². The van der Waals surface area contributed by atoms with Crippen molar-refractivity contribution in [2.24, 2.45) is 0 Å². The van der Waals surface area contributed by atoms with Crippen LogP contribution in [-0.2, 0) is 9.53 Å². The highest BCUT2D eigenvalue weighted by Crippen LogP contribution is 2.24. The minimum Gasteiger partial charge on any atom is -0.368 e. The monoisotopic (exact) mass is 347 g/mol. The molecule has 1 atom stereocenters. The lowest BCUT2D eigenvalue weighted by atomic mass is 9.90. The van der Waals surface area contributed by atoms with Crippen LogP contribution < -0.4 is 10.6 Å². The minimum absolute atomic E-state index is 0.109. The van der Waals surface area contributed by atoms with E-state index in [9.17, 15) is 9.18 Å². The lowest BCUT2D eigenvalue weighted by molar-refractivity contribution is -0.147. The molecule has 1 saturated heterocycles. The van der Waals surface area contributed by atoms with Crippen LogP contribution >= 0.6 is 0 Å². The highest BCUT2D eigenvalue weighted by atomic mass is 19.1. The standard InChI is InChI=1S/C17H22FN5O2/c1-12(22-16(24)17(25-2)5-7-19-8-6-17)13-3-4-15(20-9-13)23-11-14(18)10-21-23/h3-4,9-12,19H,5-8H2,1-2H3,(H,22,24). The fourth-order valence-corrected chi connectivity index (χ4v) is 2.98. The van der Waals surface area contributed by atoms with Crippen LogP contribution in [0.2, 0.25) is 0 Å². The van der Waals surface area contributed by atoms with E-state index in [0.29, 0.717) is 18.7 Å². The fourth-order valence-electron chi connectivity index (χ4n) is 2.98. The van der Waals surface area contributed by atoms with E-state index in [1.807, 2.05) is 13.0 Å². The average molecular weight is 347 g/mol. The molecule has 1 aliphatic heterocycles. The summed E-state index contributed by atoms with van der Waals surface area (Å²) in [5.74, 6) is -0.0153. The first kappa shape index (κ1) is 17.5. The summed E-state index contributed by atoms with van der Waals surface area (Å²) in [6.45, 7) is 3.41. The van der Waals surface area contributed by atoms with Gasteiger partial charge in [-0.3, -0.25) is 4.79 Å². The highest BCUT2D eigenvalue weighted by molar-refractivity contribution is 5.85. The SMILES string of the molecule is COC1(C(=O)NC(C)c2ccc(-n3cc(F)cn3)nc2)CCNCC1. The van der Waals surface area contributed by atoms with Gasteiger partial charge in [-0.05, 0) is 44.5 Å². The van der Waals surface area contributed by atoms with E-state index in [2.05, 4.69) is 20.7 Å². The number of aromatic nitrogens is 3. The Labute approximate surface area is 145 Å². The minimum atomic E-state index is -0.778. The third kappa shape index (κ3) is 3.69. The van der Waals surface area contributed by atoms with Crippen molar-refractivity contribution in [3.63, 3.8) is 0 Å². The average Bonchev–Trinajstić information content (AvgIpc) is 3.08. The maximum Gasteiger partial charge on any atom is 0.252 e. The van der Waals surface area contributed by atoms with Crippen LogP contribution in [0.25, 0.3) is 5.82 Å². The third-order valence-electron chi connectivity index (χ3n) is 4.62. The van der Waals surface area contributed by atoms with Gasteiger partial charge in [0.15, 0.2) is 11.6 Å². The predicted molar refractivity (Wildman–Crippen MR) is 89.7 cm³/mol. The molecule has 0 spiro atoms. The molecule has 2 aromatic heterocycles. The molecule has 2 aromatic rings. The molecule has 1 aliphatic rings. The van der Waals surface area contributed by atoms with E-state index in [1.54, 1.807) is 19.4 Å². The summed E-state index contributed by atoms with van der Waals surface area (Å²) in [5, 5.41) is 10.1. The molecule has 0 aliphatic carbocycles. The molecule has 3 rings (SSSR count). The maximum absolute atomic E-state index is 13.0. The molecule has 1 amide bonds. The number of amides is 1. The second kappa shape index (κ2) is 7.28. The summed E-state index contributed by atoms with van der Waals surface area (Å²) in [6.07, 6.45) is 5.32. The van der Waals surface area contributed by atoms with E-state index in [1.165, 1.54) is 10.9 Å². The fraction of sp³-hybridized carbons (Fsp3) is 0.471. The molecule has 1 unspecified atom stereocenters. The maximum atomic E-state index is 13.0. The largest absolute Gasteiger partial charge is 0.368 e. The van der Waals surface area contributed by atoms with Crippen molar-refractivity contribution in [3.8, 4) is 5.82 Å². The van der Waals surface area contributed by atoms with Crippen LogP contribution in [0.4, 0.5) is 4.39 Å². The Hall–Kier alpha value is -2.32. The summed E-state index contributed by atoms with van der Waals surface area (Å²) in [4.78, 5) is 17.0. The summed E-state index contributed by atoms with van der Waals surface area (Å²) < 4.78 is 19.9. The molecule has 7 nitrogen and oxygen atoms in total. The van der Waals surface area contributed by atoms with Gasteiger partial charge in [0.2, 0.25) is 0 Å². The Balaban J connectivity index is 1.68. The van der Waals surface area contributed by atoms with Crippen LogP contribution in [0.3, 0.4) is 0 Å². The van der Waals surface area contributed by atoms with Gasteiger partial charge in [0.1, 0.15) is 5.60 Å². The Kier molecular flexibility index (Phi) is 5.10. The molecule has 134 valence electrons. The quantitative estimate of drug-likeness (QED) is 0.853. The van der Waals surface area contributed by atoms with Gasteiger partial charge in [0.05, 0.1) is 18.4 Å². The lowest BCUT2D eigenvalue weighted by Gasteiger charge is -2.35. The van der Waals surface area contributed by atoms with Gasteiger partial charge >= 0.3 is 0 Å². The molecule has 3 heterocycles. The lowest BCUT2D eigenvalue weighted by Crippen LogP contribution is -2.54. The molecule has 8 heteroatoms. The molecular formula is C17H22FN5O2. The molecule has 0 saturated carbocycles. The molecule has 0 bridgehead atoms. The third-order valence-corrected chi connectivity index (χ3v) is 4.62. The molecule has 1 fully saturated rings. The number of hydrogen-bond acceptors (Lipinski definition) is 5. The smallest absolute Gasteiger partial charge is 0.252 e. The van der Waals surface area contributed by atoms with Crippen molar-refractivity contribution < 1.29 is 13.9 Å². The Bertz CT molecular complexity index is 725. The van der Waals surface area contributed by atoms with Crippen molar-refractivity contribution in [1.29, 1.82) is 0 Å². The summed E-state index contributed by atoms with van der Waals surface area (Å²) in [7, 11) is 1.58. The van der Waals surface area contributed by atoms with E-state index >= 15 is 0 Å². The number of ether oxygens (including phenoxy) is 1. The van der Waals surface area contributed by atoms with Crippen LogP contribution in [0.15, 0.2) is 30.7 Å². The van der Waals surface area contributed by atoms with Gasteiger partial charge in [-0.1, -0.05) is 6.07 Å². The number of carbonyl (C=O) groups excluding carboxylic acids is 1. The van der Waals surface area contributed by atoms with Gasteiger partial charge < -0.3 is 15.4 Å². The number of nitrogens with one attached hydrogen (secondary N) is 2. The zero-order valence-corrected chi connectivity index (χ0v) is 14.3. The zero-order valence-electron chi connectivity index (χ0n) is 14.3. The number of halogens is 1. The predicted octanol–water partition coefficient (Wildman–Crippen LogP) is 1.35. The first-order chi connectivity index (χ1) is 12.0. The molecular weight excluding hydrogens is 325 g/mol. The number of rotatable bonds is 5. The van der Waals surface area contributed by atoms with E-state index < -0.39 is 11.4 Å². The number of hydrogen-bond donors (Lipinski definition) is 2. The van der Waals surface area contributed by atoms with Crippen LogP contribution in [0, 0.1) is 5.82 Å². The van der Waals surface area contributed by atoms with Gasteiger partial charge in [-0.15, -0.1) is 0 Å². The molecule has 0 aromatic carbocycles. The van der Waals surface area contributed by atoms with Crippen molar-refractivity contribution >= 4 is 5.91 Å². The number of pyridine rings is 1. The van der Waals surface area contributed by atoms with E-state index in [4.69, 9.17) is 4.74 Å². The van der Waals surface area contributed by atoms with Crippen molar-refractivity contribution in [1.82, 2.24) is 25.4 Å². The Morgan fingerprint density at radius 3 is 2.72 bits per heavy atom. The second-order valence-electron chi connectivity index (χ2n) is 6.20. The second-order valence-corrected chi connectivity index (χ2v) is 6.20. The van der Waals surface area contributed by atoms with Gasteiger partial charge in [0, 0.05) is 13.3 Å². The normalized spacial score (nSPS) is 17.9. The van der Waals surface area contributed by atoms with E-state index in [-0.39, 0.29) is 11.9 Å². The van der Waals surface area contributed by atoms with E-state index in [0.717, 1.165) is 24.8 Å². The van der Waals surface area contributed by atoms with Crippen LogP contribution in [-0.4, -0.2) is 46.5 Å². The summed E-state index contributed by atoms with van der Waals surface area (Å²) in [6, 6.07) is 3.36. The number of methoxy groups -OCH3 is 1.